The number of fused-ring (bicyclic) bond motifs is 12. The summed E-state index contributed by atoms with van der Waals surface area (Å²) in [5.74, 6) is -15.8. The van der Waals surface area contributed by atoms with Gasteiger partial charge in [0.25, 0.3) is 5.91 Å². The van der Waals surface area contributed by atoms with Crippen LogP contribution < -0.4 is 51.8 Å². The van der Waals surface area contributed by atoms with Crippen molar-refractivity contribution in [3.63, 3.8) is 0 Å². The summed E-state index contributed by atoms with van der Waals surface area (Å²) in [6.45, 7) is 5.70. The summed E-state index contributed by atoms with van der Waals surface area (Å²) in [6, 6.07) is -0.397. The van der Waals surface area contributed by atoms with Gasteiger partial charge < -0.3 is 117 Å². The van der Waals surface area contributed by atoms with E-state index in [0.29, 0.717) is 4.90 Å². The molecule has 0 aromatic heterocycles. The Kier molecular flexibility index (Phi) is 20.6. The zero-order valence-corrected chi connectivity index (χ0v) is 55.2. The molecule has 0 spiro atoms. The highest BCUT2D eigenvalue weighted by atomic mass is 35.5. The molecule has 3 saturated heterocycles. The molecular formula is C66H72Cl2N8O24. The van der Waals surface area contributed by atoms with Crippen LogP contribution in [0.1, 0.15) is 105 Å². The van der Waals surface area contributed by atoms with Crippen molar-refractivity contribution in [2.45, 2.75) is 156 Å². The minimum atomic E-state index is -2.44. The van der Waals surface area contributed by atoms with Gasteiger partial charge in [0, 0.05) is 34.7 Å². The number of aliphatic carboxylic acids is 1. The number of ether oxygens (including phenoxy) is 6. The highest BCUT2D eigenvalue weighted by Gasteiger charge is 2.53. The van der Waals surface area contributed by atoms with Crippen LogP contribution in [0.2, 0.25) is 10.0 Å². The normalized spacial score (nSPS) is 30.2. The maximum Gasteiger partial charge on any atom is 0.330 e. The number of carbonyl (C=O) groups is 8. The van der Waals surface area contributed by atoms with E-state index in [0.717, 1.165) is 66.7 Å². The van der Waals surface area contributed by atoms with E-state index in [1.165, 1.54) is 33.0 Å². The molecule has 3 fully saturated rings. The first-order chi connectivity index (χ1) is 47.3. The van der Waals surface area contributed by atoms with E-state index in [4.69, 9.17) is 57.4 Å². The van der Waals surface area contributed by atoms with E-state index in [2.05, 4.69) is 31.9 Å². The Balaban J connectivity index is 1.17. The number of nitrogens with one attached hydrogen (secondary N) is 6. The Morgan fingerprint density at radius 1 is 0.750 bits per heavy atom. The fourth-order valence-electron chi connectivity index (χ4n) is 13.0. The van der Waals surface area contributed by atoms with Gasteiger partial charge in [-0.25, -0.2) is 4.79 Å². The van der Waals surface area contributed by atoms with Crippen LogP contribution in [0.25, 0.3) is 11.1 Å². The van der Waals surface area contributed by atoms with Crippen LogP contribution in [0.3, 0.4) is 0 Å². The van der Waals surface area contributed by atoms with Gasteiger partial charge in [0.15, 0.2) is 29.9 Å². The van der Waals surface area contributed by atoms with Crippen molar-refractivity contribution in [2.75, 3.05) is 13.7 Å². The van der Waals surface area contributed by atoms with E-state index in [9.17, 15) is 70.2 Å². The van der Waals surface area contributed by atoms with Gasteiger partial charge in [-0.1, -0.05) is 55.2 Å². The standard InChI is InChI=1S/C66H72Cl2N8O24/c1-23(2)12-34(70-5)58(87)74-48-51(82)26-7-10-38(32(67)14-26)96-40-16-28-17-41(55(40)100-65-56(54(85)53(84)42(22-77)98-65)99-44-21-66(4,69)57(86)24(3)95-44)97-39-11-8-27(15-33(39)68)52(83)49-61(90)73-47(64(93)94)31-18-29(78)19-37(80)45(31)30-13-25(6-9-36(30)79)46(59(88)75-49)72-62(91)50(28)76-43(81)20-35(63(76)92)71-60(48)89/h6-11,13-19,23-24,34-35,42,44,46-54,56-57,65,70,77-80,82-86H,12,20-22,69H2,1-5H3,(H,71,89)(H,72,91)(H,73,90)(H,74,87)(H,75,88)(H,93,94)/t24-,34+,35-,42+,44-,46+,47-,48+,49-,50+,51+,52+,53+,54-,56+,57+,65-,66-/m0/s1. The van der Waals surface area contributed by atoms with E-state index >= 15 is 19.2 Å². The van der Waals surface area contributed by atoms with E-state index < -0.39 is 237 Å². The number of imide groups is 1. The summed E-state index contributed by atoms with van der Waals surface area (Å²) in [5, 5.41) is 128. The molecule has 13 rings (SSSR count). The lowest BCUT2D eigenvalue weighted by Crippen LogP contribution is -2.64. The van der Waals surface area contributed by atoms with Gasteiger partial charge in [0.05, 0.1) is 41.3 Å². The molecule has 0 radical (unpaired) electrons. The quantitative estimate of drug-likeness (QED) is 0.0816. The molecule has 34 heteroatoms. The molecule has 0 unspecified atom stereocenters. The number of amides is 7. The lowest BCUT2D eigenvalue weighted by Gasteiger charge is -2.47. The molecule has 5 aromatic carbocycles. The number of carboxylic acids is 1. The number of aromatic hydroxyl groups is 3. The molecule has 7 amide bonds. The Hall–Kier alpha value is -9.00. The Labute approximate surface area is 578 Å². The number of aliphatic hydroxyl groups excluding tert-OH is 6. The maximum atomic E-state index is 16.2. The number of rotatable bonds is 11. The highest BCUT2D eigenvalue weighted by molar-refractivity contribution is 6.32. The fraction of sp³-hybridized carbons (Fsp3) is 0.424. The van der Waals surface area contributed by atoms with Crippen LogP contribution in [0.15, 0.2) is 78.9 Å². The van der Waals surface area contributed by atoms with Crippen molar-refractivity contribution >= 4 is 70.5 Å². The van der Waals surface area contributed by atoms with Crippen LogP contribution in [0.5, 0.6) is 46.0 Å². The number of likely N-dealkylation sites (N-methyl/N-ethyl adjacent to an activating group) is 1. The third-order valence-electron chi connectivity index (χ3n) is 18.2. The predicted octanol–water partition coefficient (Wildman–Crippen LogP) is 0.874. The van der Waals surface area contributed by atoms with Crippen molar-refractivity contribution in [1.29, 1.82) is 0 Å². The molecular weight excluding hydrogens is 1360 g/mol. The largest absolute Gasteiger partial charge is 0.508 e. The monoisotopic (exact) mass is 1430 g/mol. The van der Waals surface area contributed by atoms with Gasteiger partial charge in [-0.05, 0) is 110 Å². The number of carboxylic acid groups (broad SMARTS) is 1. The highest BCUT2D eigenvalue weighted by Crippen LogP contribution is 2.51. The fourth-order valence-corrected chi connectivity index (χ4v) is 13.4. The average Bonchev–Trinajstić information content (AvgIpc) is 0.857. The summed E-state index contributed by atoms with van der Waals surface area (Å²) < 4.78 is 38.4. The van der Waals surface area contributed by atoms with Crippen LogP contribution >= 0.6 is 23.2 Å². The Morgan fingerprint density at radius 2 is 1.39 bits per heavy atom. The van der Waals surface area contributed by atoms with Crippen LogP contribution in [0, 0.1) is 5.92 Å². The molecule has 534 valence electrons. The number of hydrogen-bond donors (Lipinski definition) is 17. The first-order valence-corrected chi connectivity index (χ1v) is 32.3. The summed E-state index contributed by atoms with van der Waals surface area (Å²) in [4.78, 5) is 119. The zero-order chi connectivity index (χ0) is 72.4. The van der Waals surface area contributed by atoms with Crippen molar-refractivity contribution in [3.05, 3.63) is 117 Å². The molecule has 8 aliphatic rings. The first kappa shape index (κ1) is 72.3. The van der Waals surface area contributed by atoms with Crippen molar-refractivity contribution in [3.8, 4) is 57.1 Å². The molecule has 0 aliphatic carbocycles. The molecule has 0 saturated carbocycles. The second-order valence-electron chi connectivity index (χ2n) is 25.8. The zero-order valence-electron chi connectivity index (χ0n) is 53.7. The third-order valence-corrected chi connectivity index (χ3v) is 18.8. The molecule has 100 heavy (non-hydrogen) atoms. The number of carbonyl (C=O) groups excluding carboxylic acids is 7. The number of benzene rings is 5. The van der Waals surface area contributed by atoms with Gasteiger partial charge >= 0.3 is 5.97 Å². The van der Waals surface area contributed by atoms with Gasteiger partial charge in [-0.15, -0.1) is 0 Å². The lowest BCUT2D eigenvalue weighted by atomic mass is 9.86. The molecule has 5 aromatic rings. The number of phenolic OH excluding ortho intramolecular Hbond substituents is 3. The number of hydrogen-bond acceptors (Lipinski definition) is 25. The Morgan fingerprint density at radius 3 is 1.99 bits per heavy atom. The predicted molar refractivity (Wildman–Crippen MR) is 344 cm³/mol. The van der Waals surface area contributed by atoms with E-state index in [-0.39, 0.29) is 46.2 Å². The van der Waals surface area contributed by atoms with Crippen molar-refractivity contribution in [2.24, 2.45) is 11.7 Å². The molecule has 13 bridgehead atoms. The number of halogens is 2. The molecule has 18 atom stereocenters. The van der Waals surface area contributed by atoms with Crippen molar-refractivity contribution < 1.29 is 118 Å². The van der Waals surface area contributed by atoms with Crippen LogP contribution in [0.4, 0.5) is 0 Å². The third kappa shape index (κ3) is 14.1. The molecule has 32 nitrogen and oxygen atoms in total. The number of phenols is 3. The van der Waals surface area contributed by atoms with Crippen LogP contribution in [-0.2, 0) is 52.6 Å². The summed E-state index contributed by atoms with van der Waals surface area (Å²) in [6.07, 6.45) is -18.3. The summed E-state index contributed by atoms with van der Waals surface area (Å²) >= 11 is 14.1. The van der Waals surface area contributed by atoms with Gasteiger partial charge in [-0.3, -0.25) is 38.5 Å². The maximum absolute atomic E-state index is 16.2. The Bertz CT molecular complexity index is 4110. The topological polar surface area (TPSA) is 496 Å². The van der Waals surface area contributed by atoms with Gasteiger partial charge in [0.2, 0.25) is 47.5 Å². The molecule has 8 aliphatic heterocycles. The molecule has 18 N–H and O–H groups in total. The van der Waals surface area contributed by atoms with Crippen molar-refractivity contribution in [1.82, 2.24) is 36.8 Å². The van der Waals surface area contributed by atoms with Gasteiger partial charge in [0.1, 0.15) is 89.5 Å². The SMILES string of the molecule is CN[C@H](CC(C)C)C(=O)N[C@H]1C(=O)N[C@H]2CC(=O)N(C2=O)[C@H]2C(=O)N[C@H]3C(=O)N[C@H](C(=O)N[C@H](C(=O)O)c4cc(O)cc(O)c4-c4cc3ccc4O)[C@H](O)c3ccc(c(Cl)c3)Oc3cc2cc(c3O[C@@H]2O[C@H](CO)[C@@H](O)[C@H](O)[C@H]2O[C@H]2C[C@](C)(N)[C@H](O)[C@H](C)O2)Oc2ccc(cc2Cl)[C@H]1O. The first-order valence-electron chi connectivity index (χ1n) is 31.5. The minimum Gasteiger partial charge on any atom is -0.508 e. The second-order valence-corrected chi connectivity index (χ2v) is 26.6. The van der Waals surface area contributed by atoms with Crippen LogP contribution in [-0.4, -0.2) is 196 Å². The second kappa shape index (κ2) is 28.6. The van der Waals surface area contributed by atoms with Gasteiger partial charge in [-0.2, -0.15) is 0 Å². The minimum absolute atomic E-state index is 0.0749. The number of nitrogens with two attached hydrogens (primary N) is 1. The smallest absolute Gasteiger partial charge is 0.330 e. The van der Waals surface area contributed by atoms with E-state index in [1.54, 1.807) is 0 Å². The number of aliphatic hydroxyl groups is 6. The lowest BCUT2D eigenvalue weighted by molar-refractivity contribution is -0.333. The average molecular weight is 1430 g/mol. The summed E-state index contributed by atoms with van der Waals surface area (Å²) in [5.41, 5.74) is 2.27. The summed E-state index contributed by atoms with van der Waals surface area (Å²) in [7, 11) is 1.49. The van der Waals surface area contributed by atoms with E-state index in [1.807, 2.05) is 13.8 Å². The number of nitrogens with zero attached hydrogens (tertiary/aromatic N) is 1. The molecule has 8 heterocycles.